The molecule has 0 N–H and O–H groups in total. The van der Waals surface area contributed by atoms with Crippen molar-refractivity contribution in [3.05, 3.63) is 94.6 Å². The van der Waals surface area contributed by atoms with Gasteiger partial charge >= 0.3 is 0 Å². The highest BCUT2D eigenvalue weighted by molar-refractivity contribution is 9.10. The van der Waals surface area contributed by atoms with E-state index in [0.29, 0.717) is 5.75 Å². The molecule has 3 aromatic carbocycles. The first kappa shape index (κ1) is 20.4. The van der Waals surface area contributed by atoms with E-state index in [0.717, 1.165) is 41.0 Å². The minimum Gasteiger partial charge on any atom is -0.342 e. The van der Waals surface area contributed by atoms with Crippen LogP contribution in [0.3, 0.4) is 0 Å². The summed E-state index contributed by atoms with van der Waals surface area (Å²) in [5.74, 6) is 0.627. The smallest absolute Gasteiger partial charge is 0.237 e. The van der Waals surface area contributed by atoms with Crippen molar-refractivity contribution in [3.8, 4) is 0 Å². The third-order valence-corrected chi connectivity index (χ3v) is 7.34. The van der Waals surface area contributed by atoms with Crippen LogP contribution in [0.15, 0.2) is 88.4 Å². The topological polar surface area (TPSA) is 25.2 Å². The zero-order valence-electron chi connectivity index (χ0n) is 17.1. The highest BCUT2D eigenvalue weighted by Crippen LogP contribution is 2.32. The number of amides is 1. The fourth-order valence-electron chi connectivity index (χ4n) is 4.26. The molecule has 5 rings (SSSR count). The van der Waals surface area contributed by atoms with E-state index in [2.05, 4.69) is 93.4 Å². The van der Waals surface area contributed by atoms with Gasteiger partial charge in [-0.15, -0.1) is 11.8 Å². The molecule has 0 atom stereocenters. The van der Waals surface area contributed by atoms with Gasteiger partial charge in [0.15, 0.2) is 0 Å². The molecule has 0 spiro atoms. The quantitative estimate of drug-likeness (QED) is 0.297. The number of para-hydroxylation sites is 2. The molecule has 2 heterocycles. The summed E-state index contributed by atoms with van der Waals surface area (Å²) in [7, 11) is 0. The summed E-state index contributed by atoms with van der Waals surface area (Å²) in [6, 6.07) is 25.2. The highest BCUT2D eigenvalue weighted by atomic mass is 79.9. The Morgan fingerprint density at radius 3 is 2.61 bits per heavy atom. The molecule has 3 nitrogen and oxygen atoms in total. The molecule has 156 valence electrons. The Bertz CT molecular complexity index is 1230. The summed E-state index contributed by atoms with van der Waals surface area (Å²) < 4.78 is 3.37. The highest BCUT2D eigenvalue weighted by Gasteiger charge is 2.22. The third-order valence-electron chi connectivity index (χ3n) is 5.78. The second-order valence-corrected chi connectivity index (χ2v) is 9.76. The number of carbonyl (C=O) groups is 1. The maximum atomic E-state index is 13.1. The summed E-state index contributed by atoms with van der Waals surface area (Å²) in [6.45, 7) is 1.61. The van der Waals surface area contributed by atoms with Crippen LogP contribution in [0.5, 0.6) is 0 Å². The Labute approximate surface area is 195 Å². The Balaban J connectivity index is 1.36. The number of aromatic nitrogens is 1. The number of carbonyl (C=O) groups excluding carboxylic acids is 1. The molecule has 0 unspecified atom stereocenters. The molecule has 0 aliphatic carbocycles. The monoisotopic (exact) mass is 490 g/mol. The Morgan fingerprint density at radius 2 is 1.74 bits per heavy atom. The van der Waals surface area contributed by atoms with E-state index in [-0.39, 0.29) is 5.91 Å². The second-order valence-electron chi connectivity index (χ2n) is 7.83. The first-order valence-corrected chi connectivity index (χ1v) is 12.3. The van der Waals surface area contributed by atoms with E-state index in [9.17, 15) is 4.79 Å². The fraction of sp³-hybridized carbons (Fsp3) is 0.192. The largest absolute Gasteiger partial charge is 0.342 e. The molecule has 1 aliphatic rings. The molecule has 1 aromatic heterocycles. The number of thioether (sulfide) groups is 1. The van der Waals surface area contributed by atoms with Crippen molar-refractivity contribution in [2.45, 2.75) is 24.3 Å². The molecule has 0 saturated heterocycles. The number of hydrogen-bond donors (Lipinski definition) is 0. The standard InChI is InChI=1S/C26H23BrN2OS/c27-21-13-11-19(12-14-21)16-28-17-25(22-8-2-4-10-24(22)28)31-18-26(30)29-15-5-7-20-6-1-3-9-23(20)29/h1-4,6,8-14,17H,5,7,15-16,18H2. The van der Waals surface area contributed by atoms with Crippen molar-refractivity contribution in [2.24, 2.45) is 0 Å². The maximum Gasteiger partial charge on any atom is 0.237 e. The van der Waals surface area contributed by atoms with Crippen LogP contribution >= 0.6 is 27.7 Å². The van der Waals surface area contributed by atoms with Gasteiger partial charge in [0.05, 0.1) is 5.75 Å². The van der Waals surface area contributed by atoms with Crippen molar-refractivity contribution in [3.63, 3.8) is 0 Å². The molecule has 0 saturated carbocycles. The zero-order valence-corrected chi connectivity index (χ0v) is 19.5. The van der Waals surface area contributed by atoms with Gasteiger partial charge in [-0.2, -0.15) is 0 Å². The van der Waals surface area contributed by atoms with Crippen molar-refractivity contribution in [1.82, 2.24) is 4.57 Å². The van der Waals surface area contributed by atoms with E-state index in [1.54, 1.807) is 11.8 Å². The summed E-state index contributed by atoms with van der Waals surface area (Å²) in [5, 5.41) is 1.21. The third kappa shape index (κ3) is 4.30. The van der Waals surface area contributed by atoms with Gasteiger partial charge in [-0.25, -0.2) is 0 Å². The first-order valence-electron chi connectivity index (χ1n) is 10.5. The van der Waals surface area contributed by atoms with Crippen molar-refractivity contribution in [1.29, 1.82) is 0 Å². The number of halogens is 1. The molecular formula is C26H23BrN2OS. The summed E-state index contributed by atoms with van der Waals surface area (Å²) in [6.07, 6.45) is 4.27. The van der Waals surface area contributed by atoms with E-state index >= 15 is 0 Å². The van der Waals surface area contributed by atoms with Crippen LogP contribution < -0.4 is 4.90 Å². The van der Waals surface area contributed by atoms with Gasteiger partial charge in [0.25, 0.3) is 0 Å². The average molecular weight is 491 g/mol. The van der Waals surface area contributed by atoms with E-state index in [1.807, 2.05) is 11.0 Å². The predicted molar refractivity (Wildman–Crippen MR) is 133 cm³/mol. The molecule has 0 fully saturated rings. The molecule has 5 heteroatoms. The summed E-state index contributed by atoms with van der Waals surface area (Å²) in [5.41, 5.74) is 4.81. The van der Waals surface area contributed by atoms with Crippen molar-refractivity contribution < 1.29 is 4.79 Å². The van der Waals surface area contributed by atoms with Gasteiger partial charge in [0.1, 0.15) is 0 Å². The second kappa shape index (κ2) is 8.93. The Hall–Kier alpha value is -2.50. The number of anilines is 1. The predicted octanol–water partition coefficient (Wildman–Crippen LogP) is 6.52. The van der Waals surface area contributed by atoms with Gasteiger partial charge < -0.3 is 9.47 Å². The van der Waals surface area contributed by atoms with Gasteiger partial charge in [0, 0.05) is 45.2 Å². The SMILES string of the molecule is O=C(CSc1cn(Cc2ccc(Br)cc2)c2ccccc12)N1CCCc2ccccc21. The number of nitrogens with zero attached hydrogens (tertiary/aromatic N) is 2. The Kier molecular flexibility index (Phi) is 5.88. The lowest BCUT2D eigenvalue weighted by Crippen LogP contribution is -2.36. The van der Waals surface area contributed by atoms with Gasteiger partial charge in [-0.1, -0.05) is 64.5 Å². The van der Waals surface area contributed by atoms with Gasteiger partial charge in [-0.05, 0) is 48.2 Å². The van der Waals surface area contributed by atoms with E-state index in [4.69, 9.17) is 0 Å². The molecule has 1 aliphatic heterocycles. The van der Waals surface area contributed by atoms with Gasteiger partial charge in [0.2, 0.25) is 5.91 Å². The normalized spacial score (nSPS) is 13.4. The van der Waals surface area contributed by atoms with Gasteiger partial charge in [-0.3, -0.25) is 4.79 Å². The maximum absolute atomic E-state index is 13.1. The van der Waals surface area contributed by atoms with E-state index < -0.39 is 0 Å². The molecular weight excluding hydrogens is 468 g/mol. The molecule has 4 aromatic rings. The fourth-order valence-corrected chi connectivity index (χ4v) is 5.48. The summed E-state index contributed by atoms with van der Waals surface area (Å²) >= 11 is 5.15. The molecule has 0 radical (unpaired) electrons. The number of aryl methyl sites for hydroxylation is 1. The average Bonchev–Trinajstić information content (AvgIpc) is 3.16. The van der Waals surface area contributed by atoms with E-state index in [1.165, 1.54) is 22.0 Å². The lowest BCUT2D eigenvalue weighted by molar-refractivity contribution is -0.116. The van der Waals surface area contributed by atoms with Crippen LogP contribution in [0.4, 0.5) is 5.69 Å². The zero-order chi connectivity index (χ0) is 21.2. The first-order chi connectivity index (χ1) is 15.2. The van der Waals surface area contributed by atoms with Crippen LogP contribution in [-0.2, 0) is 17.8 Å². The van der Waals surface area contributed by atoms with Crippen LogP contribution in [0, 0.1) is 0 Å². The number of rotatable bonds is 5. The van der Waals surface area contributed by atoms with Crippen LogP contribution in [0.2, 0.25) is 0 Å². The summed E-state index contributed by atoms with van der Waals surface area (Å²) in [4.78, 5) is 16.2. The Morgan fingerprint density at radius 1 is 0.968 bits per heavy atom. The number of fused-ring (bicyclic) bond motifs is 2. The lowest BCUT2D eigenvalue weighted by atomic mass is 10.0. The molecule has 0 bridgehead atoms. The van der Waals surface area contributed by atoms with Crippen LogP contribution in [0.25, 0.3) is 10.9 Å². The minimum absolute atomic E-state index is 0.182. The number of benzene rings is 3. The van der Waals surface area contributed by atoms with Crippen molar-refractivity contribution in [2.75, 3.05) is 17.2 Å². The molecule has 1 amide bonds. The van der Waals surface area contributed by atoms with Crippen molar-refractivity contribution >= 4 is 50.2 Å². The lowest BCUT2D eigenvalue weighted by Gasteiger charge is -2.29. The van der Waals surface area contributed by atoms with Crippen LogP contribution in [0.1, 0.15) is 17.5 Å². The number of hydrogen-bond acceptors (Lipinski definition) is 2. The van der Waals surface area contributed by atoms with Crippen LogP contribution in [-0.4, -0.2) is 22.8 Å². The molecule has 31 heavy (non-hydrogen) atoms. The minimum atomic E-state index is 0.182.